The molecule has 0 saturated heterocycles. The molecule has 140 heavy (non-hydrogen) atoms. The molecule has 2 aliphatic rings. The van der Waals surface area contributed by atoms with Crippen molar-refractivity contribution in [3.05, 3.63) is 359 Å². The molecule has 0 fully saturated rings. The fraction of sp³-hybridized carbons (Fsp3) is 0.269. The van der Waals surface area contributed by atoms with Crippen LogP contribution in [0.25, 0.3) is 159 Å². The van der Waals surface area contributed by atoms with Gasteiger partial charge in [-0.05, 0) is 297 Å². The van der Waals surface area contributed by atoms with Gasteiger partial charge in [-0.15, -0.1) is 0 Å². The van der Waals surface area contributed by atoms with E-state index in [-0.39, 0.29) is 55.4 Å². The van der Waals surface area contributed by atoms with Gasteiger partial charge in [-0.2, -0.15) is 0 Å². The van der Waals surface area contributed by atoms with E-state index >= 15 is 0 Å². The van der Waals surface area contributed by atoms with Crippen molar-refractivity contribution >= 4 is 155 Å². The molecule has 0 bridgehead atoms. The predicted octanol–water partition coefficient (Wildman–Crippen LogP) is 35.7. The molecule has 3 aromatic heterocycles. The molecule has 0 atom stereocenters. The average molecular weight is 1820 g/mol. The highest BCUT2D eigenvalue weighted by Gasteiger charge is 2.48. The van der Waals surface area contributed by atoms with Crippen LogP contribution in [-0.4, -0.2) is 20.4 Å². The molecule has 696 valence electrons. The van der Waals surface area contributed by atoms with Crippen LogP contribution < -0.4 is 26.2 Å². The molecule has 0 N–H and O–H groups in total. The molecule has 18 aromatic carbocycles. The van der Waals surface area contributed by atoms with Crippen molar-refractivity contribution in [1.29, 1.82) is 0 Å². The Labute approximate surface area is 829 Å². The van der Waals surface area contributed by atoms with Crippen LogP contribution in [0.3, 0.4) is 0 Å². The number of benzene rings is 18. The second kappa shape index (κ2) is 30.9. The lowest BCUT2D eigenvalue weighted by Gasteiger charge is -2.46. The van der Waals surface area contributed by atoms with Gasteiger partial charge in [0.15, 0.2) is 0 Å². The minimum atomic E-state index is -0.370. The Hall–Kier alpha value is -13.7. The molecular weight excluding hydrogens is 1690 g/mol. The standard InChI is InChI=1S/C134H132BN5/c1-126(2,3)86-43-31-40-82(64-86)99-73-93(133(22,23)24)74-100(83-41-32-44-87(65-83)127(4,5)6)124(99)139-114-77-95(136-108-60-50-89(129(10,11)12)69-102(108)103-70-90(130(13,14)15)51-61-109(103)136)54-56-106(114)135-107-57-55-96(137-110-62-52-91(131(16,17)18)71-104(110)105-72-92(132(19,20)21)53-63-111(105)137)78-115(107)140(117-68-85(67-116(139)123(117)135)79-36-29-28-30-37-79)125-101(84-42-33-45-88(66-84)128(7,8)9)75-94(134(25,26)27)76-118(125)138-112-58-48-80-38-34-46-97-98-47-35-39-81-49-59-113(138)122(120(81)98)121(112)119(80)97/h28-78H,1-27H3. The average Bonchev–Trinajstić information content (AvgIpc) is 1.26. The minimum Gasteiger partial charge on any atom is -0.310 e. The molecular formula is C134H132BN5. The van der Waals surface area contributed by atoms with Crippen molar-refractivity contribution in [1.82, 2.24) is 13.7 Å². The van der Waals surface area contributed by atoms with Crippen LogP contribution >= 0.6 is 0 Å². The summed E-state index contributed by atoms with van der Waals surface area (Å²) in [4.78, 5) is 5.67. The molecule has 0 spiro atoms. The van der Waals surface area contributed by atoms with Crippen molar-refractivity contribution in [3.8, 4) is 61.6 Å². The summed E-state index contributed by atoms with van der Waals surface area (Å²) in [5.74, 6) is 0. The second-order valence-corrected chi connectivity index (χ2v) is 50.3. The molecule has 5 heterocycles. The zero-order valence-corrected chi connectivity index (χ0v) is 87.3. The van der Waals surface area contributed by atoms with Crippen LogP contribution in [0, 0.1) is 0 Å². The van der Waals surface area contributed by atoms with Gasteiger partial charge in [-0.25, -0.2) is 0 Å². The van der Waals surface area contributed by atoms with E-state index in [2.05, 4.69) is 520 Å². The third kappa shape index (κ3) is 14.4. The molecule has 5 nitrogen and oxygen atoms in total. The van der Waals surface area contributed by atoms with Crippen LogP contribution in [0.1, 0.15) is 237 Å². The van der Waals surface area contributed by atoms with Crippen LogP contribution in [0.2, 0.25) is 0 Å². The Morgan fingerprint density at radius 2 is 0.500 bits per heavy atom. The van der Waals surface area contributed by atoms with Gasteiger partial charge in [0.2, 0.25) is 0 Å². The highest BCUT2D eigenvalue weighted by atomic mass is 15.2. The lowest BCUT2D eigenvalue weighted by molar-refractivity contribution is 0.589. The summed E-state index contributed by atoms with van der Waals surface area (Å²) in [5, 5.41) is 15.2. The Morgan fingerprint density at radius 1 is 0.186 bits per heavy atom. The van der Waals surface area contributed by atoms with Crippen molar-refractivity contribution in [2.24, 2.45) is 0 Å². The summed E-state index contributed by atoms with van der Waals surface area (Å²) in [7, 11) is 0. The SMILES string of the molecule is CC(C)(C)c1cccc(-c2cc(C(C)(C)C)cc(-c3cccc(C(C)(C)C)c3)c2N2c3cc(-n4c5ccc(C(C)(C)C)cc5c5cc(C(C)(C)C)ccc54)ccc3B3c4ccc(-n5c6ccc(C(C)(C)C)cc6c6cc(C(C)(C)C)ccc65)cc4N(c4c(-c5cccc(C(C)(C)C)c5)cc(C(C)(C)C)cc4-n4c5ccc6cccc7c8cccc9ccc4c(c98)c5c67)c4cc(-c5ccccc5)cc2c43)c1. The fourth-order valence-corrected chi connectivity index (χ4v) is 23.3. The number of nitrogens with zero attached hydrogens (tertiary/aromatic N) is 5. The lowest BCUT2D eigenvalue weighted by atomic mass is 9.33. The molecule has 6 heteroatoms. The second-order valence-electron chi connectivity index (χ2n) is 50.3. The Morgan fingerprint density at radius 3 is 0.857 bits per heavy atom. The monoisotopic (exact) mass is 1820 g/mol. The number of anilines is 6. The molecule has 21 aromatic rings. The van der Waals surface area contributed by atoms with E-state index in [0.29, 0.717) is 0 Å². The maximum Gasteiger partial charge on any atom is 0.252 e. The van der Waals surface area contributed by atoms with Crippen molar-refractivity contribution < 1.29 is 0 Å². The van der Waals surface area contributed by atoms with Gasteiger partial charge in [0, 0.05) is 83.1 Å². The quantitative estimate of drug-likeness (QED) is 0.0816. The van der Waals surface area contributed by atoms with E-state index in [0.717, 1.165) is 73.4 Å². The first-order valence-corrected chi connectivity index (χ1v) is 51.0. The third-order valence-electron chi connectivity index (χ3n) is 31.5. The summed E-state index contributed by atoms with van der Waals surface area (Å²) in [6.07, 6.45) is 0. The molecule has 23 rings (SSSR count). The summed E-state index contributed by atoms with van der Waals surface area (Å²) in [6.45, 7) is 63.8. The first-order valence-electron chi connectivity index (χ1n) is 51.0. The first kappa shape index (κ1) is 90.2. The summed E-state index contributed by atoms with van der Waals surface area (Å²) in [5.41, 5.74) is 39.8. The molecule has 0 radical (unpaired) electrons. The summed E-state index contributed by atoms with van der Waals surface area (Å²) >= 11 is 0. The van der Waals surface area contributed by atoms with E-state index in [9.17, 15) is 0 Å². The topological polar surface area (TPSA) is 21.3 Å². The third-order valence-corrected chi connectivity index (χ3v) is 31.5. The molecule has 0 saturated carbocycles. The maximum absolute atomic E-state index is 2.85. The van der Waals surface area contributed by atoms with E-state index in [4.69, 9.17) is 0 Å². The number of rotatable bonds is 9. The van der Waals surface area contributed by atoms with Crippen LogP contribution in [0.5, 0.6) is 0 Å². The van der Waals surface area contributed by atoms with Gasteiger partial charge in [0.25, 0.3) is 6.71 Å². The van der Waals surface area contributed by atoms with Gasteiger partial charge in [-0.3, -0.25) is 0 Å². The number of aromatic nitrogens is 3. The molecule has 2 aliphatic heterocycles. The van der Waals surface area contributed by atoms with Gasteiger partial charge in [0.1, 0.15) is 0 Å². The normalized spacial score (nSPS) is 13.8. The van der Waals surface area contributed by atoms with Crippen LogP contribution in [-0.2, 0) is 48.7 Å². The predicted molar refractivity (Wildman–Crippen MR) is 608 cm³/mol. The highest BCUT2D eigenvalue weighted by Crippen LogP contribution is 2.59. The minimum absolute atomic E-state index is 0.103. The van der Waals surface area contributed by atoms with Gasteiger partial charge >= 0.3 is 0 Å². The molecule has 0 unspecified atom stereocenters. The fourth-order valence-electron chi connectivity index (χ4n) is 23.3. The highest BCUT2D eigenvalue weighted by molar-refractivity contribution is 7.00. The van der Waals surface area contributed by atoms with E-state index in [1.54, 1.807) is 0 Å². The summed E-state index contributed by atoms with van der Waals surface area (Å²) < 4.78 is 7.96. The van der Waals surface area contributed by atoms with E-state index < -0.39 is 0 Å². The number of hydrogen-bond donors (Lipinski definition) is 0. The van der Waals surface area contributed by atoms with E-state index in [1.165, 1.54) is 186 Å². The number of hydrogen-bond acceptors (Lipinski definition) is 2. The van der Waals surface area contributed by atoms with E-state index in [1.807, 2.05) is 0 Å². The Balaban J connectivity index is 0.945. The van der Waals surface area contributed by atoms with Crippen LogP contribution in [0.4, 0.5) is 34.1 Å². The van der Waals surface area contributed by atoms with Gasteiger partial charge < -0.3 is 23.5 Å². The molecule has 0 aliphatic carbocycles. The van der Waals surface area contributed by atoms with Gasteiger partial charge in [0.05, 0.1) is 50.2 Å². The van der Waals surface area contributed by atoms with Crippen LogP contribution in [0.15, 0.2) is 309 Å². The Bertz CT molecular complexity index is 8400. The smallest absolute Gasteiger partial charge is 0.252 e. The first-order chi connectivity index (χ1) is 66.1. The zero-order chi connectivity index (χ0) is 98.2. The maximum atomic E-state index is 2.85. The van der Waals surface area contributed by atoms with Crippen molar-refractivity contribution in [2.75, 3.05) is 9.80 Å². The number of fused-ring (bicyclic) bond motifs is 11. The van der Waals surface area contributed by atoms with Crippen molar-refractivity contribution in [2.45, 2.75) is 236 Å². The summed E-state index contributed by atoms with van der Waals surface area (Å²) in [6, 6.07) is 124. The van der Waals surface area contributed by atoms with Gasteiger partial charge in [-0.1, -0.05) is 375 Å². The lowest BCUT2D eigenvalue weighted by Crippen LogP contribution is -2.61. The Kier molecular flexibility index (Phi) is 19.9. The zero-order valence-electron chi connectivity index (χ0n) is 87.3. The largest absolute Gasteiger partial charge is 0.310 e. The van der Waals surface area contributed by atoms with Crippen molar-refractivity contribution in [3.63, 3.8) is 0 Å². The molecule has 0 amide bonds.